The smallest absolute Gasteiger partial charge is 0.326 e. The molecule has 2 rings (SSSR count). The molecule has 0 unspecified atom stereocenters. The number of halogens is 1. The van der Waals surface area contributed by atoms with E-state index < -0.39 is 35.7 Å². The van der Waals surface area contributed by atoms with E-state index in [9.17, 15) is 23.9 Å². The zero-order valence-electron chi connectivity index (χ0n) is 16.7. The Morgan fingerprint density at radius 1 is 0.897 bits per heavy atom. The summed E-state index contributed by atoms with van der Waals surface area (Å²) in [7, 11) is 0. The molecule has 0 saturated carbocycles. The van der Waals surface area contributed by atoms with Crippen molar-refractivity contribution in [1.29, 1.82) is 0 Å². The number of carboxylic acids is 1. The number of hydrogen-bond acceptors (Lipinski definition) is 3. The van der Waals surface area contributed by atoms with Crippen molar-refractivity contribution >= 4 is 17.8 Å². The molecule has 2 amide bonds. The zero-order chi connectivity index (χ0) is 21.6. The Morgan fingerprint density at radius 3 is 2.03 bits per heavy atom. The van der Waals surface area contributed by atoms with Gasteiger partial charge < -0.3 is 15.7 Å². The monoisotopic (exact) mass is 400 g/mol. The second-order valence-electron chi connectivity index (χ2n) is 7.11. The van der Waals surface area contributed by atoms with Crippen LogP contribution in [0.3, 0.4) is 0 Å². The first kappa shape index (κ1) is 22.1. The third-order valence-electron chi connectivity index (χ3n) is 4.67. The molecule has 0 aliphatic carbocycles. The molecule has 0 spiro atoms. The minimum atomic E-state index is -1.17. The van der Waals surface area contributed by atoms with E-state index in [0.717, 1.165) is 16.7 Å². The Labute approximate surface area is 169 Å². The quantitative estimate of drug-likeness (QED) is 0.634. The molecule has 0 saturated heterocycles. The van der Waals surface area contributed by atoms with Gasteiger partial charge in [-0.15, -0.1) is 0 Å². The molecule has 2 atom stereocenters. The molecular formula is C22H25FN2O4. The lowest BCUT2D eigenvalue weighted by atomic mass is 10.00. The van der Waals surface area contributed by atoms with Crippen LogP contribution in [-0.2, 0) is 27.2 Å². The van der Waals surface area contributed by atoms with E-state index in [1.807, 2.05) is 32.0 Å². The van der Waals surface area contributed by atoms with Crippen LogP contribution in [0.4, 0.5) is 4.39 Å². The van der Waals surface area contributed by atoms with Crippen molar-refractivity contribution in [1.82, 2.24) is 10.6 Å². The fourth-order valence-corrected chi connectivity index (χ4v) is 2.95. The Kier molecular flexibility index (Phi) is 7.47. The maximum atomic E-state index is 13.1. The number of aliphatic carboxylic acids is 1. The highest BCUT2D eigenvalue weighted by atomic mass is 19.1. The van der Waals surface area contributed by atoms with Gasteiger partial charge in [-0.25, -0.2) is 9.18 Å². The van der Waals surface area contributed by atoms with Gasteiger partial charge in [-0.05, 0) is 48.2 Å². The molecule has 2 aromatic rings. The lowest BCUT2D eigenvalue weighted by molar-refractivity contribution is -0.142. The molecule has 6 nitrogen and oxygen atoms in total. The van der Waals surface area contributed by atoms with Crippen molar-refractivity contribution in [2.24, 2.45) is 0 Å². The van der Waals surface area contributed by atoms with E-state index in [0.29, 0.717) is 5.56 Å². The minimum absolute atomic E-state index is 0.113. The molecule has 0 aliphatic heterocycles. The summed E-state index contributed by atoms with van der Waals surface area (Å²) in [5, 5.41) is 14.6. The highest BCUT2D eigenvalue weighted by molar-refractivity contribution is 5.90. The van der Waals surface area contributed by atoms with Crippen LogP contribution in [0.2, 0.25) is 0 Å². The Hall–Kier alpha value is -3.22. The van der Waals surface area contributed by atoms with E-state index in [2.05, 4.69) is 10.6 Å². The normalized spacial score (nSPS) is 12.7. The second-order valence-corrected chi connectivity index (χ2v) is 7.11. The molecule has 0 radical (unpaired) electrons. The average Bonchev–Trinajstić information content (AvgIpc) is 2.64. The molecule has 2 aromatic carbocycles. The van der Waals surface area contributed by atoms with Gasteiger partial charge in [-0.3, -0.25) is 9.59 Å². The molecule has 154 valence electrons. The van der Waals surface area contributed by atoms with Crippen LogP contribution in [0.15, 0.2) is 42.5 Å². The third kappa shape index (κ3) is 6.71. The van der Waals surface area contributed by atoms with Crippen molar-refractivity contribution < 1.29 is 23.9 Å². The third-order valence-corrected chi connectivity index (χ3v) is 4.67. The molecule has 0 fully saturated rings. The molecule has 0 heterocycles. The largest absolute Gasteiger partial charge is 0.480 e. The van der Waals surface area contributed by atoms with E-state index in [1.165, 1.54) is 31.2 Å². The van der Waals surface area contributed by atoms with Gasteiger partial charge in [0.15, 0.2) is 0 Å². The number of carbonyl (C=O) groups excluding carboxylic acids is 2. The van der Waals surface area contributed by atoms with Gasteiger partial charge in [0.1, 0.15) is 17.9 Å². The molecule has 0 aliphatic rings. The SMILES string of the molecule is CC(=O)N[C@H](Cc1ccc(F)cc1)C(=O)N[C@H](Cc1ccc(C)c(C)c1)C(=O)O. The summed E-state index contributed by atoms with van der Waals surface area (Å²) >= 11 is 0. The first-order valence-corrected chi connectivity index (χ1v) is 9.26. The highest BCUT2D eigenvalue weighted by Gasteiger charge is 2.26. The van der Waals surface area contributed by atoms with E-state index >= 15 is 0 Å². The maximum Gasteiger partial charge on any atom is 0.326 e. The van der Waals surface area contributed by atoms with Crippen LogP contribution in [0, 0.1) is 19.7 Å². The average molecular weight is 400 g/mol. The predicted octanol–water partition coefficient (Wildman–Crippen LogP) is 2.30. The summed E-state index contributed by atoms with van der Waals surface area (Å²) in [6, 6.07) is 9.06. The van der Waals surface area contributed by atoms with Gasteiger partial charge in [0.25, 0.3) is 0 Å². The number of nitrogens with one attached hydrogen (secondary N) is 2. The van der Waals surface area contributed by atoms with Gasteiger partial charge in [-0.1, -0.05) is 30.3 Å². The maximum absolute atomic E-state index is 13.1. The van der Waals surface area contributed by atoms with Crippen LogP contribution in [0.25, 0.3) is 0 Å². The highest BCUT2D eigenvalue weighted by Crippen LogP contribution is 2.12. The van der Waals surface area contributed by atoms with Gasteiger partial charge in [0.05, 0.1) is 0 Å². The van der Waals surface area contributed by atoms with Gasteiger partial charge in [0.2, 0.25) is 11.8 Å². The fourth-order valence-electron chi connectivity index (χ4n) is 2.95. The van der Waals surface area contributed by atoms with E-state index in [-0.39, 0.29) is 12.8 Å². The number of aryl methyl sites for hydroxylation is 2. The van der Waals surface area contributed by atoms with E-state index in [1.54, 1.807) is 0 Å². The molecule has 29 heavy (non-hydrogen) atoms. The molecule has 3 N–H and O–H groups in total. The number of rotatable bonds is 8. The van der Waals surface area contributed by atoms with Crippen LogP contribution < -0.4 is 10.6 Å². The minimum Gasteiger partial charge on any atom is -0.480 e. The summed E-state index contributed by atoms with van der Waals surface area (Å²) in [5.41, 5.74) is 3.55. The lowest BCUT2D eigenvalue weighted by Gasteiger charge is -2.21. The molecule has 0 aromatic heterocycles. The van der Waals surface area contributed by atoms with Crippen molar-refractivity contribution in [2.75, 3.05) is 0 Å². The topological polar surface area (TPSA) is 95.5 Å². The first-order chi connectivity index (χ1) is 13.7. The Balaban J connectivity index is 2.14. The Bertz CT molecular complexity index is 896. The van der Waals surface area contributed by atoms with Crippen molar-refractivity contribution in [3.8, 4) is 0 Å². The van der Waals surface area contributed by atoms with E-state index in [4.69, 9.17) is 0 Å². The van der Waals surface area contributed by atoms with Crippen LogP contribution in [-0.4, -0.2) is 35.0 Å². The van der Waals surface area contributed by atoms with Crippen LogP contribution in [0.5, 0.6) is 0 Å². The van der Waals surface area contributed by atoms with Crippen molar-refractivity contribution in [3.63, 3.8) is 0 Å². The second kappa shape index (κ2) is 9.82. The predicted molar refractivity (Wildman–Crippen MR) is 107 cm³/mol. The van der Waals surface area contributed by atoms with Crippen LogP contribution in [0.1, 0.15) is 29.2 Å². The zero-order valence-corrected chi connectivity index (χ0v) is 16.7. The van der Waals surface area contributed by atoms with Gasteiger partial charge in [-0.2, -0.15) is 0 Å². The molecular weight excluding hydrogens is 375 g/mol. The summed E-state index contributed by atoms with van der Waals surface area (Å²) in [6.45, 7) is 5.17. The molecule has 7 heteroatoms. The summed E-state index contributed by atoms with van der Waals surface area (Å²) in [4.78, 5) is 35.9. The summed E-state index contributed by atoms with van der Waals surface area (Å²) in [5.74, 6) is -2.61. The Morgan fingerprint density at radius 2 is 1.48 bits per heavy atom. The van der Waals surface area contributed by atoms with Crippen LogP contribution >= 0.6 is 0 Å². The lowest BCUT2D eigenvalue weighted by Crippen LogP contribution is -2.52. The van der Waals surface area contributed by atoms with Crippen molar-refractivity contribution in [3.05, 3.63) is 70.5 Å². The standard InChI is InChI=1S/C22H25FN2O4/c1-13-4-5-17(10-14(13)2)12-20(22(28)29)25-21(27)19(24-15(3)26)11-16-6-8-18(23)9-7-16/h4-10,19-20H,11-12H2,1-3H3,(H,24,26)(H,25,27)(H,28,29)/t19-,20-/m1/s1. The fraction of sp³-hybridized carbons (Fsp3) is 0.318. The van der Waals surface area contributed by atoms with Crippen molar-refractivity contribution in [2.45, 2.75) is 45.7 Å². The first-order valence-electron chi connectivity index (χ1n) is 9.26. The number of carboxylic acid groups (broad SMARTS) is 1. The summed E-state index contributed by atoms with van der Waals surface area (Å²) < 4.78 is 13.1. The number of amides is 2. The number of carbonyl (C=O) groups is 3. The number of hydrogen-bond donors (Lipinski definition) is 3. The van der Waals surface area contributed by atoms with Gasteiger partial charge >= 0.3 is 5.97 Å². The summed E-state index contributed by atoms with van der Waals surface area (Å²) in [6.07, 6.45) is 0.229. The van der Waals surface area contributed by atoms with Gasteiger partial charge in [0, 0.05) is 19.8 Å². The number of benzene rings is 2. The molecule has 0 bridgehead atoms.